The molecule has 0 spiro atoms. The van der Waals surface area contributed by atoms with Gasteiger partial charge in [0.25, 0.3) is 5.91 Å². The number of amides is 1. The van der Waals surface area contributed by atoms with Gasteiger partial charge in [-0.1, -0.05) is 32.1 Å². The number of nitrogens with two attached hydrogens (primary N) is 1. The van der Waals surface area contributed by atoms with Gasteiger partial charge < -0.3 is 10.6 Å². The summed E-state index contributed by atoms with van der Waals surface area (Å²) >= 11 is 4.93. The van der Waals surface area contributed by atoms with Crippen molar-refractivity contribution in [3.05, 3.63) is 34.9 Å². The van der Waals surface area contributed by atoms with Crippen LogP contribution in [0.1, 0.15) is 48.2 Å². The molecular weight excluding hydrogens is 280 g/mol. The fourth-order valence-corrected chi connectivity index (χ4v) is 2.12. The molecule has 116 valence electrons. The first-order valence-electron chi connectivity index (χ1n) is 7.46. The van der Waals surface area contributed by atoms with Gasteiger partial charge in [-0.25, -0.2) is 0 Å². The third-order valence-corrected chi connectivity index (χ3v) is 3.85. The van der Waals surface area contributed by atoms with E-state index in [1.165, 1.54) is 5.56 Å². The Hall–Kier alpha value is -1.42. The second-order valence-electron chi connectivity index (χ2n) is 5.99. The summed E-state index contributed by atoms with van der Waals surface area (Å²) in [5.74, 6) is 0.625. The van der Waals surface area contributed by atoms with Crippen LogP contribution in [0.25, 0.3) is 0 Å². The molecule has 1 amide bonds. The molecule has 0 aliphatic rings. The zero-order valence-electron chi connectivity index (χ0n) is 13.5. The Bertz CT molecular complexity index is 512. The Balaban J connectivity index is 2.86. The quantitative estimate of drug-likeness (QED) is 0.785. The van der Waals surface area contributed by atoms with Gasteiger partial charge in [0, 0.05) is 25.1 Å². The highest BCUT2D eigenvalue weighted by Crippen LogP contribution is 2.13. The third-order valence-electron chi connectivity index (χ3n) is 3.65. The van der Waals surface area contributed by atoms with E-state index in [4.69, 9.17) is 18.0 Å². The second kappa shape index (κ2) is 8.13. The van der Waals surface area contributed by atoms with Crippen molar-refractivity contribution in [2.45, 2.75) is 40.5 Å². The maximum atomic E-state index is 12.7. The van der Waals surface area contributed by atoms with Crippen LogP contribution in [0.15, 0.2) is 18.2 Å². The molecule has 2 N–H and O–H groups in total. The number of rotatable bonds is 7. The van der Waals surface area contributed by atoms with Gasteiger partial charge in [0.2, 0.25) is 0 Å². The average Bonchev–Trinajstić information content (AvgIpc) is 2.40. The van der Waals surface area contributed by atoms with E-state index in [0.717, 1.165) is 24.1 Å². The van der Waals surface area contributed by atoms with E-state index in [1.54, 1.807) is 0 Å². The Labute approximate surface area is 133 Å². The van der Waals surface area contributed by atoms with Gasteiger partial charge in [0.15, 0.2) is 0 Å². The van der Waals surface area contributed by atoms with Gasteiger partial charge in [-0.05, 0) is 49.4 Å². The Morgan fingerprint density at radius 3 is 2.43 bits per heavy atom. The van der Waals surface area contributed by atoms with E-state index < -0.39 is 0 Å². The number of aryl methyl sites for hydroxylation is 2. The van der Waals surface area contributed by atoms with Gasteiger partial charge in [0.05, 0.1) is 4.99 Å². The molecular formula is C17H26N2OS. The molecule has 0 saturated heterocycles. The smallest absolute Gasteiger partial charge is 0.253 e. The normalized spacial score (nSPS) is 10.7. The van der Waals surface area contributed by atoms with Crippen molar-refractivity contribution < 1.29 is 4.79 Å². The van der Waals surface area contributed by atoms with Crippen LogP contribution in [0.5, 0.6) is 0 Å². The molecule has 0 aromatic heterocycles. The summed E-state index contributed by atoms with van der Waals surface area (Å²) in [4.78, 5) is 15.0. The third kappa shape index (κ3) is 5.84. The summed E-state index contributed by atoms with van der Waals surface area (Å²) in [6, 6.07) is 5.85. The summed E-state index contributed by atoms with van der Waals surface area (Å²) in [7, 11) is 0. The number of hydrogen-bond donors (Lipinski definition) is 1. The van der Waals surface area contributed by atoms with Crippen LogP contribution >= 0.6 is 12.2 Å². The zero-order valence-corrected chi connectivity index (χ0v) is 14.3. The SMILES string of the molecule is Cc1ccc(C(=O)N(CCC(N)=S)CCC(C)C)cc1C. The molecule has 0 atom stereocenters. The largest absolute Gasteiger partial charge is 0.393 e. The first-order valence-corrected chi connectivity index (χ1v) is 7.87. The first-order chi connectivity index (χ1) is 9.81. The van der Waals surface area contributed by atoms with Crippen molar-refractivity contribution in [2.75, 3.05) is 13.1 Å². The molecule has 0 aliphatic heterocycles. The van der Waals surface area contributed by atoms with Crippen molar-refractivity contribution in [2.24, 2.45) is 11.7 Å². The van der Waals surface area contributed by atoms with E-state index in [2.05, 4.69) is 13.8 Å². The summed E-state index contributed by atoms with van der Waals surface area (Å²) in [6.45, 7) is 9.73. The predicted octanol–water partition coefficient (Wildman–Crippen LogP) is 3.47. The number of benzene rings is 1. The molecule has 4 heteroatoms. The fourth-order valence-electron chi connectivity index (χ4n) is 2.03. The second-order valence-corrected chi connectivity index (χ2v) is 6.51. The van der Waals surface area contributed by atoms with Crippen LogP contribution in [0.3, 0.4) is 0 Å². The molecule has 0 saturated carbocycles. The van der Waals surface area contributed by atoms with Gasteiger partial charge in [-0.15, -0.1) is 0 Å². The Morgan fingerprint density at radius 2 is 1.90 bits per heavy atom. The molecule has 3 nitrogen and oxygen atoms in total. The fraction of sp³-hybridized carbons (Fsp3) is 0.529. The molecule has 21 heavy (non-hydrogen) atoms. The topological polar surface area (TPSA) is 46.3 Å². The van der Waals surface area contributed by atoms with Crippen LogP contribution in [-0.2, 0) is 0 Å². The number of carbonyl (C=O) groups is 1. The van der Waals surface area contributed by atoms with E-state index >= 15 is 0 Å². The zero-order chi connectivity index (χ0) is 16.0. The van der Waals surface area contributed by atoms with Crippen LogP contribution in [0, 0.1) is 19.8 Å². The standard InChI is InChI=1S/C17H26N2OS/c1-12(2)7-9-19(10-8-16(18)21)17(20)15-6-5-13(3)14(4)11-15/h5-6,11-12H,7-10H2,1-4H3,(H2,18,21). The maximum absolute atomic E-state index is 12.7. The van der Waals surface area contributed by atoms with E-state index in [-0.39, 0.29) is 5.91 Å². The van der Waals surface area contributed by atoms with Crippen molar-refractivity contribution in [3.8, 4) is 0 Å². The Morgan fingerprint density at radius 1 is 1.24 bits per heavy atom. The molecule has 0 radical (unpaired) electrons. The maximum Gasteiger partial charge on any atom is 0.253 e. The minimum Gasteiger partial charge on any atom is -0.393 e. The van der Waals surface area contributed by atoms with E-state index in [1.807, 2.05) is 36.9 Å². The lowest BCUT2D eigenvalue weighted by Gasteiger charge is -2.24. The summed E-state index contributed by atoms with van der Waals surface area (Å²) in [5.41, 5.74) is 8.65. The van der Waals surface area contributed by atoms with Crippen LogP contribution in [0.2, 0.25) is 0 Å². The molecule has 0 aliphatic carbocycles. The first kappa shape index (κ1) is 17.6. The summed E-state index contributed by atoms with van der Waals surface area (Å²) < 4.78 is 0. The molecule has 1 aromatic rings. The molecule has 0 heterocycles. The average molecular weight is 306 g/mol. The highest BCUT2D eigenvalue weighted by molar-refractivity contribution is 7.80. The van der Waals surface area contributed by atoms with Crippen LogP contribution in [0.4, 0.5) is 0 Å². The summed E-state index contributed by atoms with van der Waals surface area (Å²) in [5, 5.41) is 0. The van der Waals surface area contributed by atoms with Gasteiger partial charge in [-0.3, -0.25) is 4.79 Å². The number of carbonyl (C=O) groups excluding carboxylic acids is 1. The van der Waals surface area contributed by atoms with Crippen LogP contribution in [-0.4, -0.2) is 28.9 Å². The number of nitrogens with zero attached hydrogens (tertiary/aromatic N) is 1. The number of thiocarbonyl (C=S) groups is 1. The van der Waals surface area contributed by atoms with Gasteiger partial charge in [-0.2, -0.15) is 0 Å². The van der Waals surface area contributed by atoms with Crippen molar-refractivity contribution in [1.29, 1.82) is 0 Å². The monoisotopic (exact) mass is 306 g/mol. The molecule has 0 fully saturated rings. The molecule has 1 aromatic carbocycles. The minimum atomic E-state index is 0.0648. The highest BCUT2D eigenvalue weighted by atomic mass is 32.1. The minimum absolute atomic E-state index is 0.0648. The molecule has 0 bridgehead atoms. The van der Waals surface area contributed by atoms with Gasteiger partial charge >= 0.3 is 0 Å². The van der Waals surface area contributed by atoms with Crippen molar-refractivity contribution in [3.63, 3.8) is 0 Å². The lowest BCUT2D eigenvalue weighted by molar-refractivity contribution is 0.0753. The summed E-state index contributed by atoms with van der Waals surface area (Å²) in [6.07, 6.45) is 1.55. The van der Waals surface area contributed by atoms with E-state index in [9.17, 15) is 4.79 Å². The van der Waals surface area contributed by atoms with Crippen molar-refractivity contribution in [1.82, 2.24) is 4.90 Å². The number of hydrogen-bond acceptors (Lipinski definition) is 2. The van der Waals surface area contributed by atoms with Gasteiger partial charge in [0.1, 0.15) is 0 Å². The Kier molecular flexibility index (Phi) is 6.82. The highest BCUT2D eigenvalue weighted by Gasteiger charge is 2.16. The van der Waals surface area contributed by atoms with E-state index in [0.29, 0.717) is 23.9 Å². The lowest BCUT2D eigenvalue weighted by atomic mass is 10.0. The van der Waals surface area contributed by atoms with Crippen molar-refractivity contribution >= 4 is 23.1 Å². The van der Waals surface area contributed by atoms with Crippen LogP contribution < -0.4 is 5.73 Å². The molecule has 1 rings (SSSR count). The molecule has 0 unspecified atom stereocenters. The predicted molar refractivity (Wildman–Crippen MR) is 92.7 cm³/mol. The lowest BCUT2D eigenvalue weighted by Crippen LogP contribution is -2.35.